The van der Waals surface area contributed by atoms with Crippen molar-refractivity contribution in [3.63, 3.8) is 0 Å². The first-order valence-corrected chi connectivity index (χ1v) is 7.11. The molecule has 0 aliphatic carbocycles. The van der Waals surface area contributed by atoms with Gasteiger partial charge in [0.05, 0.1) is 13.3 Å². The van der Waals surface area contributed by atoms with Crippen molar-refractivity contribution in [2.24, 2.45) is 0 Å². The Bertz CT molecular complexity index is 562. The Morgan fingerprint density at radius 1 is 1.33 bits per heavy atom. The zero-order valence-electron chi connectivity index (χ0n) is 9.60. The largest absolute Gasteiger partial charge is 0.495 e. The highest BCUT2D eigenvalue weighted by Gasteiger charge is 2.15. The van der Waals surface area contributed by atoms with Gasteiger partial charge in [0, 0.05) is 25.4 Å². The monoisotopic (exact) mass is 419 g/mol. The molecule has 2 aromatic rings. The maximum atomic E-state index is 10.4. The average Bonchev–Trinajstić information content (AvgIpc) is 2.41. The maximum Gasteiger partial charge on any atom is 0.137 e. The Hall–Kier alpha value is -0.660. The van der Waals surface area contributed by atoms with Gasteiger partial charge >= 0.3 is 0 Å². The molecule has 0 radical (unpaired) electrons. The van der Waals surface area contributed by atoms with E-state index in [0.29, 0.717) is 11.3 Å². The fraction of sp³-hybridized carbons (Fsp3) is 0.154. The third-order valence-corrected chi connectivity index (χ3v) is 3.93. The number of aromatic nitrogens is 1. The van der Waals surface area contributed by atoms with E-state index in [9.17, 15) is 5.11 Å². The molecule has 0 fully saturated rings. The first-order chi connectivity index (χ1) is 8.61. The highest BCUT2D eigenvalue weighted by atomic mass is 127. The van der Waals surface area contributed by atoms with Crippen LogP contribution in [0.25, 0.3) is 0 Å². The lowest BCUT2D eigenvalue weighted by Crippen LogP contribution is -2.02. The molecule has 2 rings (SSSR count). The van der Waals surface area contributed by atoms with Crippen LogP contribution in [0.5, 0.6) is 5.75 Å². The summed E-state index contributed by atoms with van der Waals surface area (Å²) in [6, 6.07) is 7.62. The molecule has 5 heteroatoms. The lowest BCUT2D eigenvalue weighted by atomic mass is 10.0. The van der Waals surface area contributed by atoms with Gasteiger partial charge in [-0.2, -0.15) is 0 Å². The van der Waals surface area contributed by atoms with Gasteiger partial charge in [0.25, 0.3) is 0 Å². The van der Waals surface area contributed by atoms with Crippen molar-refractivity contribution in [2.45, 2.75) is 6.10 Å². The number of benzene rings is 1. The molecule has 3 nitrogen and oxygen atoms in total. The molecular formula is C13H11BrINO2. The van der Waals surface area contributed by atoms with E-state index in [2.05, 4.69) is 43.5 Å². The summed E-state index contributed by atoms with van der Waals surface area (Å²) in [5, 5.41) is 10.4. The summed E-state index contributed by atoms with van der Waals surface area (Å²) < 4.78 is 7.05. The number of ether oxygens (including phenoxy) is 1. The van der Waals surface area contributed by atoms with Crippen LogP contribution >= 0.6 is 38.5 Å². The molecule has 0 aliphatic heterocycles. The highest BCUT2D eigenvalue weighted by Crippen LogP contribution is 2.30. The van der Waals surface area contributed by atoms with Crippen LogP contribution in [0.15, 0.2) is 41.1 Å². The number of hydrogen-bond donors (Lipinski definition) is 1. The molecule has 0 amide bonds. The molecule has 1 unspecified atom stereocenters. The Labute approximate surface area is 127 Å². The smallest absolute Gasteiger partial charge is 0.137 e. The number of aliphatic hydroxyl groups is 1. The molecule has 1 aromatic carbocycles. The van der Waals surface area contributed by atoms with Gasteiger partial charge in [-0.15, -0.1) is 0 Å². The van der Waals surface area contributed by atoms with Crippen LogP contribution in [-0.4, -0.2) is 17.2 Å². The van der Waals surface area contributed by atoms with Crippen molar-refractivity contribution in [3.05, 3.63) is 55.8 Å². The molecule has 18 heavy (non-hydrogen) atoms. The van der Waals surface area contributed by atoms with Crippen LogP contribution in [0, 0.1) is 3.57 Å². The first-order valence-electron chi connectivity index (χ1n) is 5.24. The van der Waals surface area contributed by atoms with Gasteiger partial charge in [-0.1, -0.05) is 15.9 Å². The number of nitrogens with zero attached hydrogens (tertiary/aromatic N) is 1. The minimum atomic E-state index is -0.725. The molecule has 1 atom stereocenters. The molecule has 1 aromatic heterocycles. The van der Waals surface area contributed by atoms with Crippen LogP contribution in [0.2, 0.25) is 0 Å². The average molecular weight is 420 g/mol. The zero-order valence-corrected chi connectivity index (χ0v) is 13.3. The summed E-state index contributed by atoms with van der Waals surface area (Å²) in [7, 11) is 1.58. The summed E-state index contributed by atoms with van der Waals surface area (Å²) in [6.07, 6.45) is 2.52. The predicted molar refractivity (Wildman–Crippen MR) is 81.7 cm³/mol. The fourth-order valence-corrected chi connectivity index (χ4v) is 2.58. The molecule has 94 valence electrons. The van der Waals surface area contributed by atoms with Crippen molar-refractivity contribution in [3.8, 4) is 5.75 Å². The maximum absolute atomic E-state index is 10.4. The third kappa shape index (κ3) is 3.02. The summed E-state index contributed by atoms with van der Waals surface area (Å²) >= 11 is 5.67. The van der Waals surface area contributed by atoms with Gasteiger partial charge in [-0.05, 0) is 46.9 Å². The van der Waals surface area contributed by atoms with Gasteiger partial charge < -0.3 is 9.84 Å². The lowest BCUT2D eigenvalue weighted by Gasteiger charge is -2.14. The van der Waals surface area contributed by atoms with E-state index < -0.39 is 6.10 Å². The summed E-state index contributed by atoms with van der Waals surface area (Å²) in [5.41, 5.74) is 1.52. The molecule has 0 spiro atoms. The number of rotatable bonds is 3. The second-order valence-electron chi connectivity index (χ2n) is 3.73. The van der Waals surface area contributed by atoms with Gasteiger partial charge in [0.1, 0.15) is 11.9 Å². The minimum Gasteiger partial charge on any atom is -0.495 e. The number of halogens is 2. The lowest BCUT2D eigenvalue weighted by molar-refractivity contribution is 0.218. The fourth-order valence-electron chi connectivity index (χ4n) is 1.60. The van der Waals surface area contributed by atoms with Crippen LogP contribution in [-0.2, 0) is 0 Å². The van der Waals surface area contributed by atoms with Crippen LogP contribution in [0.4, 0.5) is 0 Å². The Kier molecular flexibility index (Phi) is 4.58. The quantitative estimate of drug-likeness (QED) is 0.773. The topological polar surface area (TPSA) is 42.4 Å². The third-order valence-electron chi connectivity index (χ3n) is 2.54. The molecule has 0 bridgehead atoms. The van der Waals surface area contributed by atoms with Crippen LogP contribution in [0.1, 0.15) is 17.2 Å². The van der Waals surface area contributed by atoms with E-state index in [-0.39, 0.29) is 0 Å². The normalized spacial score (nSPS) is 12.2. The molecule has 0 saturated heterocycles. The Morgan fingerprint density at radius 3 is 2.83 bits per heavy atom. The summed E-state index contributed by atoms with van der Waals surface area (Å²) in [6.45, 7) is 0. The molecular weight excluding hydrogens is 409 g/mol. The SMILES string of the molecule is COc1cncc(C(O)c2cc(I)ccc2Br)c1. The van der Waals surface area contributed by atoms with Crippen molar-refractivity contribution < 1.29 is 9.84 Å². The Balaban J connectivity index is 2.40. The number of hydrogen-bond acceptors (Lipinski definition) is 3. The van der Waals surface area contributed by atoms with Gasteiger partial charge in [-0.3, -0.25) is 4.98 Å². The Morgan fingerprint density at radius 2 is 2.11 bits per heavy atom. The standard InChI is InChI=1S/C13H11BrINO2/c1-18-10-4-8(6-16-7-10)13(17)11-5-9(15)2-3-12(11)14/h2-7,13,17H,1H3. The summed E-state index contributed by atoms with van der Waals surface area (Å²) in [4.78, 5) is 4.05. The second kappa shape index (κ2) is 5.99. The molecule has 0 aliphatic rings. The molecule has 1 N–H and O–H groups in total. The second-order valence-corrected chi connectivity index (χ2v) is 5.83. The van der Waals surface area contributed by atoms with E-state index in [1.54, 1.807) is 25.6 Å². The van der Waals surface area contributed by atoms with Crippen LogP contribution < -0.4 is 4.74 Å². The van der Waals surface area contributed by atoms with Crippen molar-refractivity contribution in [1.29, 1.82) is 0 Å². The van der Waals surface area contributed by atoms with E-state index in [1.165, 1.54) is 0 Å². The van der Waals surface area contributed by atoms with E-state index in [1.807, 2.05) is 18.2 Å². The summed E-state index contributed by atoms with van der Waals surface area (Å²) in [5.74, 6) is 0.633. The molecule has 0 saturated carbocycles. The van der Waals surface area contributed by atoms with Crippen molar-refractivity contribution >= 4 is 38.5 Å². The zero-order chi connectivity index (χ0) is 13.1. The minimum absolute atomic E-state index is 0.633. The van der Waals surface area contributed by atoms with Crippen molar-refractivity contribution in [2.75, 3.05) is 7.11 Å². The predicted octanol–water partition coefficient (Wildman–Crippen LogP) is 3.54. The van der Waals surface area contributed by atoms with Crippen molar-refractivity contribution in [1.82, 2.24) is 4.98 Å². The number of pyridine rings is 1. The van der Waals surface area contributed by atoms with E-state index in [0.717, 1.165) is 13.6 Å². The van der Waals surface area contributed by atoms with Crippen LogP contribution in [0.3, 0.4) is 0 Å². The van der Waals surface area contributed by atoms with Gasteiger partial charge in [0.15, 0.2) is 0 Å². The van der Waals surface area contributed by atoms with E-state index in [4.69, 9.17) is 4.74 Å². The van der Waals surface area contributed by atoms with Gasteiger partial charge in [-0.25, -0.2) is 0 Å². The number of aliphatic hydroxyl groups excluding tert-OH is 1. The molecule has 1 heterocycles. The van der Waals surface area contributed by atoms with E-state index >= 15 is 0 Å². The number of methoxy groups -OCH3 is 1. The van der Waals surface area contributed by atoms with Gasteiger partial charge in [0.2, 0.25) is 0 Å². The first kappa shape index (κ1) is 13.8. The highest BCUT2D eigenvalue weighted by molar-refractivity contribution is 14.1.